The van der Waals surface area contributed by atoms with Gasteiger partial charge in [-0.05, 0) is 83.4 Å². The van der Waals surface area contributed by atoms with Crippen molar-refractivity contribution < 1.29 is 28.7 Å². The van der Waals surface area contributed by atoms with Gasteiger partial charge in [-0.3, -0.25) is 24.5 Å². The molecule has 1 N–H and O–H groups in total. The highest BCUT2D eigenvalue weighted by atomic mass is 16.6. The summed E-state index contributed by atoms with van der Waals surface area (Å²) in [6.45, 7) is 6.85. The van der Waals surface area contributed by atoms with Gasteiger partial charge in [0, 0.05) is 25.4 Å². The monoisotopic (exact) mass is 498 g/mol. The number of hydrogen-bond acceptors (Lipinski definition) is 6. The lowest BCUT2D eigenvalue weighted by atomic mass is 9.85. The summed E-state index contributed by atoms with van der Waals surface area (Å²) in [5.74, 6) is -0.0660. The zero-order chi connectivity index (χ0) is 25.9. The maximum Gasteiger partial charge on any atom is 0.309 e. The summed E-state index contributed by atoms with van der Waals surface area (Å²) in [4.78, 5) is 50.8. The fourth-order valence-corrected chi connectivity index (χ4v) is 5.39. The molecule has 8 nitrogen and oxygen atoms in total. The lowest BCUT2D eigenvalue weighted by molar-refractivity contribution is -0.163. The van der Waals surface area contributed by atoms with Gasteiger partial charge in [-0.2, -0.15) is 0 Å². The first-order valence-electron chi connectivity index (χ1n) is 13.2. The molecule has 1 aliphatic carbocycles. The van der Waals surface area contributed by atoms with E-state index in [9.17, 15) is 19.2 Å². The topological polar surface area (TPSA) is 102 Å². The van der Waals surface area contributed by atoms with Crippen LogP contribution in [0.4, 0.5) is 0 Å². The number of carbonyl (C=O) groups is 4. The lowest BCUT2D eigenvalue weighted by Crippen LogP contribution is -2.45. The molecular formula is C28H38N2O6. The first-order chi connectivity index (χ1) is 17.1. The molecule has 2 saturated heterocycles. The van der Waals surface area contributed by atoms with Gasteiger partial charge in [0.15, 0.2) is 0 Å². The van der Waals surface area contributed by atoms with Gasteiger partial charge in [0.25, 0.3) is 0 Å². The zero-order valence-electron chi connectivity index (χ0n) is 21.6. The Labute approximate surface area is 213 Å². The SMILES string of the molecule is CC(C)(C)OC(=O)C1CCN(C(=O)C2CCC(Oc3ccc(C4CCC(=O)NC4=O)cc3)CC2)CC1. The Hall–Kier alpha value is -2.90. The molecule has 1 aromatic carbocycles. The molecule has 1 aromatic rings. The molecule has 3 fully saturated rings. The second kappa shape index (κ2) is 11.0. The van der Waals surface area contributed by atoms with Gasteiger partial charge in [0.1, 0.15) is 11.4 Å². The molecule has 0 aromatic heterocycles. The van der Waals surface area contributed by atoms with Crippen LogP contribution in [0.5, 0.6) is 5.75 Å². The number of benzene rings is 1. The molecule has 1 atom stereocenters. The summed E-state index contributed by atoms with van der Waals surface area (Å²) in [5, 5.41) is 2.40. The zero-order valence-corrected chi connectivity index (χ0v) is 21.6. The Bertz CT molecular complexity index is 967. The average molecular weight is 499 g/mol. The smallest absolute Gasteiger partial charge is 0.309 e. The molecule has 2 aliphatic heterocycles. The molecule has 36 heavy (non-hydrogen) atoms. The van der Waals surface area contributed by atoms with Crippen molar-refractivity contribution in [3.8, 4) is 5.75 Å². The highest BCUT2D eigenvalue weighted by Gasteiger charge is 2.35. The fraction of sp³-hybridized carbons (Fsp3) is 0.643. The molecule has 3 amide bonds. The van der Waals surface area contributed by atoms with E-state index in [2.05, 4.69) is 5.32 Å². The predicted octanol–water partition coefficient (Wildman–Crippen LogP) is 3.72. The van der Waals surface area contributed by atoms with Crippen LogP contribution in [0.25, 0.3) is 0 Å². The van der Waals surface area contributed by atoms with Crippen LogP contribution in [-0.2, 0) is 23.9 Å². The summed E-state index contributed by atoms with van der Waals surface area (Å²) < 4.78 is 11.7. The number of nitrogens with one attached hydrogen (secondary N) is 1. The van der Waals surface area contributed by atoms with E-state index in [1.54, 1.807) is 0 Å². The molecule has 4 rings (SSSR count). The Kier molecular flexibility index (Phi) is 8.00. The molecule has 196 valence electrons. The Morgan fingerprint density at radius 1 is 0.889 bits per heavy atom. The lowest BCUT2D eigenvalue weighted by Gasteiger charge is -2.36. The maximum atomic E-state index is 13.1. The average Bonchev–Trinajstić information content (AvgIpc) is 2.84. The number of rotatable bonds is 5. The highest BCUT2D eigenvalue weighted by Crippen LogP contribution is 2.32. The summed E-state index contributed by atoms with van der Waals surface area (Å²) >= 11 is 0. The third-order valence-corrected chi connectivity index (χ3v) is 7.39. The summed E-state index contributed by atoms with van der Waals surface area (Å²) in [6, 6.07) is 7.55. The molecule has 0 radical (unpaired) electrons. The first kappa shape index (κ1) is 26.2. The number of nitrogens with zero attached hydrogens (tertiary/aromatic N) is 1. The number of piperidine rings is 2. The van der Waals surface area contributed by atoms with Crippen LogP contribution in [0.1, 0.15) is 83.6 Å². The van der Waals surface area contributed by atoms with Gasteiger partial charge in [0.2, 0.25) is 17.7 Å². The van der Waals surface area contributed by atoms with Crippen LogP contribution in [0.15, 0.2) is 24.3 Å². The van der Waals surface area contributed by atoms with Crippen LogP contribution in [0, 0.1) is 11.8 Å². The van der Waals surface area contributed by atoms with Gasteiger partial charge in [-0.25, -0.2) is 0 Å². The van der Waals surface area contributed by atoms with E-state index < -0.39 is 5.60 Å². The van der Waals surface area contributed by atoms with Crippen molar-refractivity contribution in [3.05, 3.63) is 29.8 Å². The minimum absolute atomic E-state index is 0.0119. The number of amides is 3. The second-order valence-corrected chi connectivity index (χ2v) is 11.3. The van der Waals surface area contributed by atoms with Crippen molar-refractivity contribution >= 4 is 23.7 Å². The summed E-state index contributed by atoms with van der Waals surface area (Å²) in [6.07, 6.45) is 5.50. The molecule has 3 aliphatic rings. The molecule has 0 spiro atoms. The third-order valence-electron chi connectivity index (χ3n) is 7.39. The maximum absolute atomic E-state index is 13.1. The van der Waals surface area contributed by atoms with E-state index in [1.807, 2.05) is 49.9 Å². The van der Waals surface area contributed by atoms with Crippen molar-refractivity contribution in [1.29, 1.82) is 0 Å². The van der Waals surface area contributed by atoms with E-state index in [1.165, 1.54) is 0 Å². The summed E-state index contributed by atoms with van der Waals surface area (Å²) in [5.41, 5.74) is 0.400. The number of carbonyl (C=O) groups excluding carboxylic acids is 4. The minimum Gasteiger partial charge on any atom is -0.490 e. The Balaban J connectivity index is 1.20. The molecule has 1 unspecified atom stereocenters. The summed E-state index contributed by atoms with van der Waals surface area (Å²) in [7, 11) is 0. The van der Waals surface area contributed by atoms with Crippen LogP contribution >= 0.6 is 0 Å². The molecule has 0 bridgehead atoms. The van der Waals surface area contributed by atoms with Crippen molar-refractivity contribution in [2.75, 3.05) is 13.1 Å². The Morgan fingerprint density at radius 2 is 1.53 bits per heavy atom. The van der Waals surface area contributed by atoms with Crippen molar-refractivity contribution in [2.45, 2.75) is 89.8 Å². The normalized spacial score (nSPS) is 25.8. The van der Waals surface area contributed by atoms with Crippen LogP contribution in [-0.4, -0.2) is 53.4 Å². The van der Waals surface area contributed by atoms with Crippen LogP contribution in [0.2, 0.25) is 0 Å². The van der Waals surface area contributed by atoms with Gasteiger partial charge in [-0.1, -0.05) is 12.1 Å². The van der Waals surface area contributed by atoms with E-state index in [0.29, 0.717) is 38.8 Å². The molecule has 8 heteroatoms. The minimum atomic E-state index is -0.486. The quantitative estimate of drug-likeness (QED) is 0.490. The van der Waals surface area contributed by atoms with E-state index >= 15 is 0 Å². The van der Waals surface area contributed by atoms with Crippen molar-refractivity contribution in [3.63, 3.8) is 0 Å². The number of hydrogen-bond donors (Lipinski definition) is 1. The number of esters is 1. The van der Waals surface area contributed by atoms with Gasteiger partial charge < -0.3 is 14.4 Å². The van der Waals surface area contributed by atoms with E-state index in [4.69, 9.17) is 9.47 Å². The van der Waals surface area contributed by atoms with Crippen LogP contribution < -0.4 is 10.1 Å². The number of likely N-dealkylation sites (tertiary alicyclic amines) is 1. The van der Waals surface area contributed by atoms with Crippen molar-refractivity contribution in [2.24, 2.45) is 11.8 Å². The highest BCUT2D eigenvalue weighted by molar-refractivity contribution is 6.00. The fourth-order valence-electron chi connectivity index (χ4n) is 5.39. The largest absolute Gasteiger partial charge is 0.490 e. The second-order valence-electron chi connectivity index (χ2n) is 11.3. The Morgan fingerprint density at radius 3 is 2.11 bits per heavy atom. The van der Waals surface area contributed by atoms with E-state index in [-0.39, 0.29) is 47.5 Å². The van der Waals surface area contributed by atoms with Crippen LogP contribution in [0.3, 0.4) is 0 Å². The molecular weight excluding hydrogens is 460 g/mol. The third kappa shape index (κ3) is 6.65. The van der Waals surface area contributed by atoms with Gasteiger partial charge >= 0.3 is 5.97 Å². The molecule has 1 saturated carbocycles. The number of imide groups is 1. The number of ether oxygens (including phenoxy) is 2. The van der Waals surface area contributed by atoms with Gasteiger partial charge in [0.05, 0.1) is 17.9 Å². The van der Waals surface area contributed by atoms with Gasteiger partial charge in [-0.15, -0.1) is 0 Å². The first-order valence-corrected chi connectivity index (χ1v) is 13.2. The van der Waals surface area contributed by atoms with E-state index in [0.717, 1.165) is 37.0 Å². The standard InChI is InChI=1S/C28H38N2O6/c1-28(2,3)36-27(34)20-14-16-30(17-15-20)26(33)19-6-10-22(11-7-19)35-21-8-4-18(5-9-21)23-12-13-24(31)29-25(23)32/h4-5,8-9,19-20,22-23H,6-7,10-17H2,1-3H3,(H,29,31,32). The van der Waals surface area contributed by atoms with Crippen molar-refractivity contribution in [1.82, 2.24) is 10.2 Å². The molecule has 2 heterocycles. The predicted molar refractivity (Wildman–Crippen MR) is 133 cm³/mol.